The molecule has 0 atom stereocenters. The lowest BCUT2D eigenvalue weighted by molar-refractivity contribution is 0.0827. The van der Waals surface area contributed by atoms with E-state index in [4.69, 9.17) is 0 Å². The van der Waals surface area contributed by atoms with E-state index < -0.39 is 0 Å². The van der Waals surface area contributed by atoms with Crippen LogP contribution in [0.15, 0.2) is 29.3 Å². The number of guanidine groups is 1. The van der Waals surface area contributed by atoms with E-state index in [1.807, 2.05) is 24.3 Å². The number of benzene rings is 1. The monoisotopic (exact) mass is 489 g/mol. The Morgan fingerprint density at radius 1 is 1.19 bits per heavy atom. The van der Waals surface area contributed by atoms with Crippen molar-refractivity contribution in [3.05, 3.63) is 35.4 Å². The van der Waals surface area contributed by atoms with Gasteiger partial charge in [-0.3, -0.25) is 14.7 Å². The number of carbonyl (C=O) groups excluding carboxylic acids is 1. The van der Waals surface area contributed by atoms with Crippen LogP contribution in [0, 0.1) is 0 Å². The van der Waals surface area contributed by atoms with Gasteiger partial charge in [0.15, 0.2) is 5.96 Å². The molecule has 6 nitrogen and oxygen atoms in total. The van der Waals surface area contributed by atoms with Gasteiger partial charge in [-0.2, -0.15) is 0 Å². The van der Waals surface area contributed by atoms with Gasteiger partial charge in [-0.25, -0.2) is 0 Å². The largest absolute Gasteiger partial charge is 0.356 e. The van der Waals surface area contributed by atoms with Crippen LogP contribution >= 0.6 is 24.0 Å². The number of hydrogen-bond acceptors (Lipinski definition) is 3. The quantitative estimate of drug-likeness (QED) is 0.318. The highest BCUT2D eigenvalue weighted by molar-refractivity contribution is 14.0. The summed E-state index contributed by atoms with van der Waals surface area (Å²) in [5.74, 6) is 0.841. The summed E-state index contributed by atoms with van der Waals surface area (Å²) in [5, 5.41) is 6.69. The summed E-state index contributed by atoms with van der Waals surface area (Å²) in [6.45, 7) is 10.3. The molecule has 0 aliphatic rings. The number of hydrogen-bond donors (Lipinski definition) is 2. The third kappa shape index (κ3) is 9.41. The first-order valence-corrected chi connectivity index (χ1v) is 9.38. The van der Waals surface area contributed by atoms with Gasteiger partial charge >= 0.3 is 0 Å². The number of carbonyl (C=O) groups is 1. The highest BCUT2D eigenvalue weighted by atomic mass is 127. The molecular weight excluding hydrogens is 453 g/mol. The number of nitrogens with zero attached hydrogens (tertiary/aromatic N) is 3. The topological polar surface area (TPSA) is 60.0 Å². The minimum Gasteiger partial charge on any atom is -0.356 e. The highest BCUT2D eigenvalue weighted by Crippen LogP contribution is 2.07. The van der Waals surface area contributed by atoms with Crippen molar-refractivity contribution in [3.63, 3.8) is 0 Å². The summed E-state index contributed by atoms with van der Waals surface area (Å²) in [5.41, 5.74) is 1.86. The lowest BCUT2D eigenvalue weighted by Crippen LogP contribution is -2.43. The molecule has 0 aliphatic heterocycles. The lowest BCUT2D eigenvalue weighted by atomic mass is 10.1. The Morgan fingerprint density at radius 3 is 2.41 bits per heavy atom. The van der Waals surface area contributed by atoms with Gasteiger partial charge in [-0.05, 0) is 44.5 Å². The Hall–Kier alpha value is -1.35. The second-order valence-corrected chi connectivity index (χ2v) is 6.80. The smallest absolute Gasteiger partial charge is 0.253 e. The predicted molar refractivity (Wildman–Crippen MR) is 125 cm³/mol. The molecule has 0 bridgehead atoms. The van der Waals surface area contributed by atoms with Crippen LogP contribution in [-0.2, 0) is 6.42 Å². The molecule has 154 valence electrons. The fraction of sp³-hybridized carbons (Fsp3) is 0.600. The molecule has 0 aromatic heterocycles. The van der Waals surface area contributed by atoms with Crippen molar-refractivity contribution in [1.29, 1.82) is 0 Å². The zero-order chi connectivity index (χ0) is 19.5. The van der Waals surface area contributed by atoms with Gasteiger partial charge in [-0.15, -0.1) is 24.0 Å². The first-order chi connectivity index (χ1) is 12.4. The summed E-state index contributed by atoms with van der Waals surface area (Å²) < 4.78 is 0. The molecule has 0 fully saturated rings. The van der Waals surface area contributed by atoms with Crippen molar-refractivity contribution in [2.24, 2.45) is 4.99 Å². The van der Waals surface area contributed by atoms with Gasteiger partial charge in [0, 0.05) is 52.4 Å². The molecular formula is C20H36IN5O. The van der Waals surface area contributed by atoms with Gasteiger partial charge in [0.25, 0.3) is 5.91 Å². The fourth-order valence-corrected chi connectivity index (χ4v) is 2.76. The molecule has 1 aromatic rings. The lowest BCUT2D eigenvalue weighted by Gasteiger charge is -2.25. The zero-order valence-corrected chi connectivity index (χ0v) is 19.9. The van der Waals surface area contributed by atoms with Gasteiger partial charge in [0.05, 0.1) is 0 Å². The maximum absolute atomic E-state index is 12.0. The first-order valence-electron chi connectivity index (χ1n) is 9.38. The average molecular weight is 489 g/mol. The summed E-state index contributed by atoms with van der Waals surface area (Å²) in [6.07, 6.45) is 0.836. The van der Waals surface area contributed by atoms with Gasteiger partial charge in [0.2, 0.25) is 0 Å². The van der Waals surface area contributed by atoms with Crippen LogP contribution in [0.1, 0.15) is 36.7 Å². The third-order valence-electron chi connectivity index (χ3n) is 4.34. The minimum atomic E-state index is 0. The molecule has 0 spiro atoms. The third-order valence-corrected chi connectivity index (χ3v) is 4.34. The fourth-order valence-electron chi connectivity index (χ4n) is 2.76. The molecule has 1 aromatic carbocycles. The van der Waals surface area contributed by atoms with E-state index in [0.29, 0.717) is 6.04 Å². The second kappa shape index (κ2) is 13.8. The van der Waals surface area contributed by atoms with E-state index in [1.54, 1.807) is 26.0 Å². The summed E-state index contributed by atoms with van der Waals surface area (Å²) >= 11 is 0. The summed E-state index contributed by atoms with van der Waals surface area (Å²) in [4.78, 5) is 20.3. The standard InChI is InChI=1S/C20H35N5O.HI/c1-7-25(16(2)3)14-13-23-20(21-4)22-12-11-17-9-8-10-18(15-17)19(26)24(5)6;/h8-10,15-16H,7,11-14H2,1-6H3,(H2,21,22,23);1H. The van der Waals surface area contributed by atoms with Gasteiger partial charge in [-0.1, -0.05) is 19.1 Å². The van der Waals surface area contributed by atoms with E-state index >= 15 is 0 Å². The van der Waals surface area contributed by atoms with Crippen molar-refractivity contribution in [3.8, 4) is 0 Å². The molecule has 0 unspecified atom stereocenters. The van der Waals surface area contributed by atoms with Crippen LogP contribution in [0.25, 0.3) is 0 Å². The van der Waals surface area contributed by atoms with Crippen LogP contribution in [0.4, 0.5) is 0 Å². The SMILES string of the molecule is CCN(CCNC(=NC)NCCc1cccc(C(=O)N(C)C)c1)C(C)C.I. The van der Waals surface area contributed by atoms with Crippen LogP contribution in [0.2, 0.25) is 0 Å². The molecule has 0 saturated heterocycles. The maximum Gasteiger partial charge on any atom is 0.253 e. The van der Waals surface area contributed by atoms with Crippen molar-refractivity contribution < 1.29 is 4.79 Å². The molecule has 27 heavy (non-hydrogen) atoms. The van der Waals surface area contributed by atoms with E-state index in [9.17, 15) is 4.79 Å². The molecule has 0 aliphatic carbocycles. The Kier molecular flexibility index (Phi) is 13.1. The average Bonchev–Trinajstić information content (AvgIpc) is 2.62. The Labute approximate surface area is 181 Å². The van der Waals surface area contributed by atoms with Crippen molar-refractivity contribution >= 4 is 35.8 Å². The Bertz CT molecular complexity index is 589. The molecule has 0 radical (unpaired) electrons. The number of halogens is 1. The van der Waals surface area contributed by atoms with E-state index in [2.05, 4.69) is 41.3 Å². The van der Waals surface area contributed by atoms with Crippen LogP contribution in [-0.4, -0.2) is 75.0 Å². The summed E-state index contributed by atoms with van der Waals surface area (Å²) in [6, 6.07) is 8.35. The number of nitrogens with one attached hydrogen (secondary N) is 2. The normalized spacial score (nSPS) is 11.3. The van der Waals surface area contributed by atoms with Gasteiger partial charge in [0.1, 0.15) is 0 Å². The number of amides is 1. The van der Waals surface area contributed by atoms with E-state index in [-0.39, 0.29) is 29.9 Å². The Morgan fingerprint density at radius 2 is 1.85 bits per heavy atom. The first kappa shape index (κ1) is 25.6. The molecule has 1 rings (SSSR count). The second-order valence-electron chi connectivity index (χ2n) is 6.80. The Balaban J connectivity index is 0.00000676. The van der Waals surface area contributed by atoms with Crippen molar-refractivity contribution in [1.82, 2.24) is 20.4 Å². The van der Waals surface area contributed by atoms with Crippen LogP contribution in [0.5, 0.6) is 0 Å². The van der Waals surface area contributed by atoms with Crippen molar-refractivity contribution in [2.75, 3.05) is 47.3 Å². The minimum absolute atomic E-state index is 0. The highest BCUT2D eigenvalue weighted by Gasteiger charge is 2.09. The van der Waals surface area contributed by atoms with Gasteiger partial charge < -0.3 is 15.5 Å². The number of aliphatic imine (C=N–C) groups is 1. The molecule has 2 N–H and O–H groups in total. The number of rotatable bonds is 9. The molecule has 0 heterocycles. The van der Waals surface area contributed by atoms with E-state index in [0.717, 1.165) is 49.7 Å². The molecule has 7 heteroatoms. The summed E-state index contributed by atoms with van der Waals surface area (Å²) in [7, 11) is 5.32. The predicted octanol–water partition coefficient (Wildman–Crippen LogP) is 2.44. The molecule has 0 saturated carbocycles. The molecule has 1 amide bonds. The maximum atomic E-state index is 12.0. The van der Waals surface area contributed by atoms with Crippen molar-refractivity contribution in [2.45, 2.75) is 33.2 Å². The van der Waals surface area contributed by atoms with Crippen LogP contribution in [0.3, 0.4) is 0 Å². The van der Waals surface area contributed by atoms with Crippen LogP contribution < -0.4 is 10.6 Å². The number of likely N-dealkylation sites (N-methyl/N-ethyl adjacent to an activating group) is 1. The zero-order valence-electron chi connectivity index (χ0n) is 17.6. The van der Waals surface area contributed by atoms with E-state index in [1.165, 1.54) is 0 Å².